The number of sulfonamides is 1. The van der Waals surface area contributed by atoms with Crippen molar-refractivity contribution >= 4 is 21.4 Å². The number of rotatable bonds is 4. The molecular weight excluding hydrogens is 366 g/mol. The predicted octanol–water partition coefficient (Wildman–Crippen LogP) is 2.61. The van der Waals surface area contributed by atoms with Crippen LogP contribution >= 0.6 is 0 Å². The average molecular weight is 381 g/mol. The molecule has 0 saturated carbocycles. The summed E-state index contributed by atoms with van der Waals surface area (Å²) >= 11 is 0. The Bertz CT molecular complexity index is 1240. The van der Waals surface area contributed by atoms with E-state index >= 15 is 0 Å². The second-order valence-corrected chi connectivity index (χ2v) is 7.57. The SMILES string of the molecule is Cc1cc(-c2cnn3c(O)ncnc23)ccc1S(=O)(=O)Nc1ccccc1. The fourth-order valence-corrected chi connectivity index (χ4v) is 4.13. The van der Waals surface area contributed by atoms with Crippen molar-refractivity contribution in [1.29, 1.82) is 0 Å². The molecule has 0 fully saturated rings. The van der Waals surface area contributed by atoms with Gasteiger partial charge in [-0.15, -0.1) is 0 Å². The van der Waals surface area contributed by atoms with Crippen LogP contribution in [0.5, 0.6) is 6.01 Å². The van der Waals surface area contributed by atoms with E-state index in [9.17, 15) is 13.5 Å². The van der Waals surface area contributed by atoms with E-state index in [1.54, 1.807) is 55.6 Å². The van der Waals surface area contributed by atoms with Crippen LogP contribution in [-0.4, -0.2) is 33.1 Å². The highest BCUT2D eigenvalue weighted by atomic mass is 32.2. The first-order valence-corrected chi connectivity index (χ1v) is 9.50. The molecule has 0 spiro atoms. The van der Waals surface area contributed by atoms with E-state index in [1.807, 2.05) is 6.07 Å². The van der Waals surface area contributed by atoms with Gasteiger partial charge in [-0.1, -0.05) is 24.3 Å². The molecule has 2 aromatic heterocycles. The minimum absolute atomic E-state index is 0.184. The molecule has 0 aliphatic heterocycles. The van der Waals surface area contributed by atoms with Crippen molar-refractivity contribution in [2.45, 2.75) is 11.8 Å². The zero-order valence-corrected chi connectivity index (χ0v) is 15.1. The van der Waals surface area contributed by atoms with E-state index in [0.29, 0.717) is 22.5 Å². The lowest BCUT2D eigenvalue weighted by molar-refractivity contribution is 0.411. The fourth-order valence-electron chi connectivity index (χ4n) is 2.84. The number of hydrogen-bond acceptors (Lipinski definition) is 6. The van der Waals surface area contributed by atoms with Crippen LogP contribution < -0.4 is 4.72 Å². The van der Waals surface area contributed by atoms with Crippen LogP contribution in [0.2, 0.25) is 0 Å². The molecular formula is C18H15N5O3S. The number of fused-ring (bicyclic) bond motifs is 1. The monoisotopic (exact) mass is 381 g/mol. The van der Waals surface area contributed by atoms with Crippen LogP contribution in [0.25, 0.3) is 16.8 Å². The Morgan fingerprint density at radius 1 is 1.07 bits per heavy atom. The molecule has 0 aliphatic carbocycles. The molecule has 0 aliphatic rings. The molecule has 8 nitrogen and oxygen atoms in total. The van der Waals surface area contributed by atoms with Gasteiger partial charge in [0.1, 0.15) is 6.33 Å². The number of nitrogens with one attached hydrogen (secondary N) is 1. The first-order valence-electron chi connectivity index (χ1n) is 8.02. The number of para-hydroxylation sites is 1. The van der Waals surface area contributed by atoms with E-state index < -0.39 is 10.0 Å². The van der Waals surface area contributed by atoms with Crippen LogP contribution in [-0.2, 0) is 10.0 Å². The Morgan fingerprint density at radius 3 is 2.59 bits per heavy atom. The molecule has 0 unspecified atom stereocenters. The summed E-state index contributed by atoms with van der Waals surface area (Å²) in [6.07, 6.45) is 2.79. The average Bonchev–Trinajstić information content (AvgIpc) is 3.07. The van der Waals surface area contributed by atoms with Gasteiger partial charge in [0, 0.05) is 11.3 Å². The summed E-state index contributed by atoms with van der Waals surface area (Å²) in [5, 5.41) is 13.8. The number of aromatic nitrogens is 4. The number of aryl methyl sites for hydroxylation is 1. The highest BCUT2D eigenvalue weighted by Crippen LogP contribution is 2.28. The summed E-state index contributed by atoms with van der Waals surface area (Å²) in [6.45, 7) is 1.72. The first-order chi connectivity index (χ1) is 13.0. The summed E-state index contributed by atoms with van der Waals surface area (Å²) in [5.41, 5.74) is 2.90. The lowest BCUT2D eigenvalue weighted by Crippen LogP contribution is -2.14. The number of hydrogen-bond donors (Lipinski definition) is 2. The summed E-state index contributed by atoms with van der Waals surface area (Å²) in [4.78, 5) is 7.99. The smallest absolute Gasteiger partial charge is 0.318 e. The molecule has 2 aromatic carbocycles. The van der Waals surface area contributed by atoms with Gasteiger partial charge < -0.3 is 5.11 Å². The number of benzene rings is 2. The molecule has 2 heterocycles. The van der Waals surface area contributed by atoms with E-state index in [4.69, 9.17) is 0 Å². The third-order valence-corrected chi connectivity index (χ3v) is 5.63. The minimum atomic E-state index is -3.72. The standard InChI is InChI=1S/C18H15N5O3S/c1-12-9-13(15-10-21-23-17(15)19-11-20-18(23)24)7-8-16(12)27(25,26)22-14-5-3-2-4-6-14/h2-11,22H,1H3,(H,19,20,24). The van der Waals surface area contributed by atoms with Gasteiger partial charge in [-0.05, 0) is 42.3 Å². The molecule has 0 amide bonds. The van der Waals surface area contributed by atoms with Gasteiger partial charge in [-0.3, -0.25) is 4.72 Å². The molecule has 0 saturated heterocycles. The van der Waals surface area contributed by atoms with Gasteiger partial charge in [0.25, 0.3) is 10.0 Å². The molecule has 136 valence electrons. The molecule has 27 heavy (non-hydrogen) atoms. The number of aromatic hydroxyl groups is 1. The molecule has 2 N–H and O–H groups in total. The van der Waals surface area contributed by atoms with Gasteiger partial charge in [0.05, 0.1) is 11.1 Å². The van der Waals surface area contributed by atoms with Crippen molar-refractivity contribution in [3.63, 3.8) is 0 Å². The van der Waals surface area contributed by atoms with Gasteiger partial charge in [-0.2, -0.15) is 14.6 Å². The van der Waals surface area contributed by atoms with E-state index in [1.165, 1.54) is 10.8 Å². The van der Waals surface area contributed by atoms with E-state index in [2.05, 4.69) is 19.8 Å². The first kappa shape index (κ1) is 17.0. The van der Waals surface area contributed by atoms with Gasteiger partial charge in [0.15, 0.2) is 5.65 Å². The molecule has 0 atom stereocenters. The Kier molecular flexibility index (Phi) is 4.00. The summed E-state index contributed by atoms with van der Waals surface area (Å²) in [6, 6.07) is 13.4. The third-order valence-electron chi connectivity index (χ3n) is 4.09. The second-order valence-electron chi connectivity index (χ2n) is 5.92. The maximum atomic E-state index is 12.7. The Morgan fingerprint density at radius 2 is 1.85 bits per heavy atom. The summed E-state index contributed by atoms with van der Waals surface area (Å²) < 4.78 is 29.2. The molecule has 4 aromatic rings. The highest BCUT2D eigenvalue weighted by molar-refractivity contribution is 7.92. The van der Waals surface area contributed by atoms with Crippen molar-refractivity contribution in [3.05, 3.63) is 66.6 Å². The van der Waals surface area contributed by atoms with Crippen LogP contribution in [0.4, 0.5) is 5.69 Å². The third kappa shape index (κ3) is 3.08. The van der Waals surface area contributed by atoms with Gasteiger partial charge in [-0.25, -0.2) is 13.4 Å². The van der Waals surface area contributed by atoms with Crippen LogP contribution in [0.3, 0.4) is 0 Å². The van der Waals surface area contributed by atoms with Crippen molar-refractivity contribution in [2.75, 3.05) is 4.72 Å². The zero-order valence-electron chi connectivity index (χ0n) is 14.2. The van der Waals surface area contributed by atoms with Gasteiger partial charge in [0.2, 0.25) is 0 Å². The van der Waals surface area contributed by atoms with E-state index in [-0.39, 0.29) is 10.9 Å². The quantitative estimate of drug-likeness (QED) is 0.562. The number of anilines is 1. The highest BCUT2D eigenvalue weighted by Gasteiger charge is 2.19. The molecule has 0 bridgehead atoms. The maximum Gasteiger partial charge on any atom is 0.318 e. The number of nitrogens with zero attached hydrogens (tertiary/aromatic N) is 4. The summed E-state index contributed by atoms with van der Waals surface area (Å²) in [5.74, 6) is 0. The molecule has 0 radical (unpaired) electrons. The van der Waals surface area contributed by atoms with E-state index in [0.717, 1.165) is 5.56 Å². The van der Waals surface area contributed by atoms with Crippen LogP contribution in [0.1, 0.15) is 5.56 Å². The van der Waals surface area contributed by atoms with Crippen molar-refractivity contribution in [3.8, 4) is 17.1 Å². The van der Waals surface area contributed by atoms with Crippen molar-refractivity contribution in [1.82, 2.24) is 19.6 Å². The Hall–Kier alpha value is -3.46. The largest absolute Gasteiger partial charge is 0.479 e. The predicted molar refractivity (Wildman–Crippen MR) is 99.9 cm³/mol. The lowest BCUT2D eigenvalue weighted by Gasteiger charge is -2.11. The van der Waals surface area contributed by atoms with Crippen molar-refractivity contribution in [2.24, 2.45) is 0 Å². The minimum Gasteiger partial charge on any atom is -0.479 e. The Balaban J connectivity index is 1.73. The van der Waals surface area contributed by atoms with Crippen LogP contribution in [0.15, 0.2) is 66.0 Å². The fraction of sp³-hybridized carbons (Fsp3) is 0.0556. The molecule has 9 heteroatoms. The second kappa shape index (κ2) is 6.36. The topological polar surface area (TPSA) is 109 Å². The molecule has 4 rings (SSSR count). The summed E-state index contributed by atoms with van der Waals surface area (Å²) in [7, 11) is -3.72. The Labute approximate surface area is 155 Å². The lowest BCUT2D eigenvalue weighted by atomic mass is 10.1. The maximum absolute atomic E-state index is 12.7. The zero-order chi connectivity index (χ0) is 19.0. The van der Waals surface area contributed by atoms with Crippen LogP contribution in [0, 0.1) is 6.92 Å². The normalized spacial score (nSPS) is 11.6. The van der Waals surface area contributed by atoms with Crippen molar-refractivity contribution < 1.29 is 13.5 Å². The van der Waals surface area contributed by atoms with Gasteiger partial charge >= 0.3 is 6.01 Å².